The van der Waals surface area contributed by atoms with Crippen molar-refractivity contribution in [3.05, 3.63) is 94.6 Å². The van der Waals surface area contributed by atoms with Crippen molar-refractivity contribution in [2.45, 2.75) is 25.9 Å². The Balaban J connectivity index is 1.30. The molecule has 1 atom stereocenters. The molecule has 10 heteroatoms. The number of aryl methyl sites for hydroxylation is 1. The molecular formula is C30H28F2N6O2. The van der Waals surface area contributed by atoms with Gasteiger partial charge in [0.15, 0.2) is 5.76 Å². The number of nitrogens with one attached hydrogen (secondary N) is 1. The van der Waals surface area contributed by atoms with E-state index < -0.39 is 11.6 Å². The first kappa shape index (κ1) is 25.8. The Morgan fingerprint density at radius 3 is 2.60 bits per heavy atom. The first-order valence-electron chi connectivity index (χ1n) is 13.1. The number of amides is 1. The van der Waals surface area contributed by atoms with Gasteiger partial charge in [-0.25, -0.2) is 18.7 Å². The van der Waals surface area contributed by atoms with Crippen LogP contribution in [-0.2, 0) is 6.54 Å². The molecule has 1 fully saturated rings. The molecule has 204 valence electrons. The molecule has 0 aliphatic carbocycles. The maximum absolute atomic E-state index is 14.7. The van der Waals surface area contributed by atoms with Gasteiger partial charge in [0.2, 0.25) is 5.95 Å². The fraction of sp³-hybridized carbons (Fsp3) is 0.267. The number of hydrogen-bond acceptors (Lipinski definition) is 7. The molecule has 8 nitrogen and oxygen atoms in total. The number of halogens is 2. The molecule has 0 radical (unpaired) electrons. The molecule has 1 unspecified atom stereocenters. The van der Waals surface area contributed by atoms with Crippen molar-refractivity contribution in [2.75, 3.05) is 32.1 Å². The highest BCUT2D eigenvalue weighted by molar-refractivity contribution is 6.15. The molecule has 40 heavy (non-hydrogen) atoms. The van der Waals surface area contributed by atoms with Crippen LogP contribution in [0.15, 0.2) is 64.1 Å². The van der Waals surface area contributed by atoms with E-state index in [2.05, 4.69) is 15.3 Å². The second kappa shape index (κ2) is 10.3. The van der Waals surface area contributed by atoms with Crippen molar-refractivity contribution >= 4 is 23.3 Å². The minimum atomic E-state index is -0.718. The number of rotatable bonds is 5. The predicted octanol–water partition coefficient (Wildman–Crippen LogP) is 4.88. The highest BCUT2D eigenvalue weighted by atomic mass is 19.1. The number of anilines is 2. The SMILES string of the molecule is CNC1CCN(C(=O)c2ccc(N(C)c3ncc4c(n3)-c3cc(C)oc3C(c3c(F)cccc3F)=NC4)cc2)C1. The van der Waals surface area contributed by atoms with Crippen LogP contribution < -0.4 is 10.2 Å². The Labute approximate surface area is 230 Å². The Kier molecular flexibility index (Phi) is 6.63. The number of carbonyl (C=O) groups excluding carboxylic acids is 1. The zero-order valence-electron chi connectivity index (χ0n) is 22.4. The molecule has 2 aromatic carbocycles. The molecule has 2 aliphatic heterocycles. The number of aliphatic imine (C=N–C) groups is 1. The average Bonchev–Trinajstić information content (AvgIpc) is 3.57. The van der Waals surface area contributed by atoms with Crippen molar-refractivity contribution in [2.24, 2.45) is 4.99 Å². The number of hydrogen-bond donors (Lipinski definition) is 1. The molecule has 1 amide bonds. The zero-order valence-corrected chi connectivity index (χ0v) is 22.4. The van der Waals surface area contributed by atoms with Crippen molar-refractivity contribution in [1.82, 2.24) is 20.2 Å². The lowest BCUT2D eigenvalue weighted by atomic mass is 10.0. The van der Waals surface area contributed by atoms with E-state index in [9.17, 15) is 13.6 Å². The van der Waals surface area contributed by atoms with Gasteiger partial charge in [0.25, 0.3) is 5.91 Å². The lowest BCUT2D eigenvalue weighted by molar-refractivity contribution is 0.0789. The topological polar surface area (TPSA) is 86.9 Å². The number of likely N-dealkylation sites (N-methyl/N-ethyl adjacent to an activating group) is 1. The van der Waals surface area contributed by atoms with Crippen LogP contribution in [-0.4, -0.2) is 59.7 Å². The summed E-state index contributed by atoms with van der Waals surface area (Å²) in [5.74, 6) is -0.180. The molecule has 0 spiro atoms. The third-order valence-electron chi connectivity index (χ3n) is 7.47. The highest BCUT2D eigenvalue weighted by Crippen LogP contribution is 2.36. The number of likely N-dealkylation sites (tertiary alicyclic amines) is 1. The minimum Gasteiger partial charge on any atom is -0.459 e. The Morgan fingerprint density at radius 1 is 1.15 bits per heavy atom. The third kappa shape index (κ3) is 4.54. The summed E-state index contributed by atoms with van der Waals surface area (Å²) >= 11 is 0. The summed E-state index contributed by atoms with van der Waals surface area (Å²) in [5.41, 5.74) is 3.17. The van der Waals surface area contributed by atoms with E-state index in [1.807, 2.05) is 48.2 Å². The predicted molar refractivity (Wildman–Crippen MR) is 148 cm³/mol. The maximum atomic E-state index is 14.7. The van der Waals surface area contributed by atoms with Crippen LogP contribution in [0, 0.1) is 18.6 Å². The molecule has 1 saturated heterocycles. The zero-order chi connectivity index (χ0) is 28.0. The van der Waals surface area contributed by atoms with Crippen molar-refractivity contribution in [1.29, 1.82) is 0 Å². The molecule has 2 aromatic heterocycles. The van der Waals surface area contributed by atoms with E-state index in [-0.39, 0.29) is 29.5 Å². The third-order valence-corrected chi connectivity index (χ3v) is 7.47. The van der Waals surface area contributed by atoms with Crippen LogP contribution in [0.1, 0.15) is 39.4 Å². The molecule has 4 aromatic rings. The van der Waals surface area contributed by atoms with Gasteiger partial charge < -0.3 is 19.5 Å². The van der Waals surface area contributed by atoms with Crippen LogP contribution in [0.5, 0.6) is 0 Å². The Hall–Kier alpha value is -4.44. The first-order chi connectivity index (χ1) is 19.3. The molecule has 0 bridgehead atoms. The van der Waals surface area contributed by atoms with Gasteiger partial charge in [0, 0.05) is 54.8 Å². The fourth-order valence-corrected chi connectivity index (χ4v) is 5.23. The second-order valence-corrected chi connectivity index (χ2v) is 10.0. The number of fused-ring (bicyclic) bond motifs is 3. The van der Waals surface area contributed by atoms with E-state index in [0.29, 0.717) is 46.7 Å². The summed E-state index contributed by atoms with van der Waals surface area (Å²) in [4.78, 5) is 30.5. The van der Waals surface area contributed by atoms with Crippen LogP contribution in [0.25, 0.3) is 11.3 Å². The first-order valence-corrected chi connectivity index (χ1v) is 13.1. The molecular weight excluding hydrogens is 514 g/mol. The van der Waals surface area contributed by atoms with Crippen molar-refractivity contribution in [3.63, 3.8) is 0 Å². The summed E-state index contributed by atoms with van der Waals surface area (Å²) in [6, 6.07) is 13.2. The van der Waals surface area contributed by atoms with Crippen molar-refractivity contribution < 1.29 is 18.0 Å². The number of furan rings is 1. The molecule has 6 rings (SSSR count). The van der Waals surface area contributed by atoms with Crippen LogP contribution in [0.4, 0.5) is 20.4 Å². The summed E-state index contributed by atoms with van der Waals surface area (Å²) in [6.45, 7) is 3.33. The summed E-state index contributed by atoms with van der Waals surface area (Å²) in [7, 11) is 3.75. The number of benzene rings is 2. The number of carbonyl (C=O) groups is 1. The fourth-order valence-electron chi connectivity index (χ4n) is 5.23. The minimum absolute atomic E-state index is 0.0122. The summed E-state index contributed by atoms with van der Waals surface area (Å²) in [5, 5.41) is 3.23. The van der Waals surface area contributed by atoms with Gasteiger partial charge in [-0.2, -0.15) is 0 Å². The number of aromatic nitrogens is 2. The van der Waals surface area contributed by atoms with Crippen molar-refractivity contribution in [3.8, 4) is 11.3 Å². The van der Waals surface area contributed by atoms with Gasteiger partial charge in [-0.1, -0.05) is 6.07 Å². The normalized spacial score (nSPS) is 16.3. The van der Waals surface area contributed by atoms with E-state index in [1.54, 1.807) is 19.2 Å². The van der Waals surface area contributed by atoms with Crippen LogP contribution in [0.3, 0.4) is 0 Å². The maximum Gasteiger partial charge on any atom is 0.253 e. The van der Waals surface area contributed by atoms with E-state index in [4.69, 9.17) is 9.40 Å². The molecule has 0 saturated carbocycles. The van der Waals surface area contributed by atoms with Gasteiger partial charge >= 0.3 is 0 Å². The average molecular weight is 543 g/mol. The summed E-state index contributed by atoms with van der Waals surface area (Å²) in [6.07, 6.45) is 2.62. The monoisotopic (exact) mass is 542 g/mol. The van der Waals surface area contributed by atoms with E-state index in [0.717, 1.165) is 18.7 Å². The Bertz CT molecular complexity index is 1610. The lowest BCUT2D eigenvalue weighted by Crippen LogP contribution is -2.33. The van der Waals surface area contributed by atoms with Crippen LogP contribution in [0.2, 0.25) is 0 Å². The van der Waals surface area contributed by atoms with Crippen LogP contribution >= 0.6 is 0 Å². The highest BCUT2D eigenvalue weighted by Gasteiger charge is 2.29. The van der Waals surface area contributed by atoms with Gasteiger partial charge in [0.1, 0.15) is 23.1 Å². The quantitative estimate of drug-likeness (QED) is 0.387. The van der Waals surface area contributed by atoms with E-state index in [1.165, 1.54) is 18.2 Å². The number of nitrogens with zero attached hydrogens (tertiary/aromatic N) is 5. The largest absolute Gasteiger partial charge is 0.459 e. The lowest BCUT2D eigenvalue weighted by Gasteiger charge is -2.20. The molecule has 1 N–H and O–H groups in total. The van der Waals surface area contributed by atoms with E-state index >= 15 is 0 Å². The second-order valence-electron chi connectivity index (χ2n) is 10.0. The summed E-state index contributed by atoms with van der Waals surface area (Å²) < 4.78 is 35.4. The Morgan fingerprint density at radius 2 is 1.90 bits per heavy atom. The van der Waals surface area contributed by atoms with Gasteiger partial charge in [-0.05, 0) is 62.9 Å². The van der Waals surface area contributed by atoms with Gasteiger partial charge in [-0.15, -0.1) is 0 Å². The smallest absolute Gasteiger partial charge is 0.253 e. The molecule has 4 heterocycles. The van der Waals surface area contributed by atoms with Gasteiger partial charge in [0.05, 0.1) is 17.8 Å². The molecule has 2 aliphatic rings. The van der Waals surface area contributed by atoms with Gasteiger partial charge in [-0.3, -0.25) is 9.79 Å². The standard InChI is InChI=1S/C30H28F2N6O2/c1-17-13-22-26-19(14-34-27(28(22)40-17)25-23(31)5-4-6-24(25)32)15-35-30(36-26)37(3)21-9-7-18(8-10-21)29(39)38-12-11-20(16-38)33-2/h4-10,13,15,20,33H,11-12,14,16H2,1-3H3.